The first-order valence-electron chi connectivity index (χ1n) is 6.70. The molecule has 6 heteroatoms. The van der Waals surface area contributed by atoms with E-state index in [4.69, 9.17) is 0 Å². The van der Waals surface area contributed by atoms with Crippen LogP contribution in [0.25, 0.3) is 10.9 Å². The number of pyridine rings is 1. The second-order valence-corrected chi connectivity index (χ2v) is 4.89. The van der Waals surface area contributed by atoms with Crippen LogP contribution < -0.4 is 10.6 Å². The summed E-state index contributed by atoms with van der Waals surface area (Å²) in [5.41, 5.74) is 1.36. The average Bonchev–Trinajstić information content (AvgIpc) is 2.48. The molecule has 0 aliphatic carbocycles. The second-order valence-electron chi connectivity index (χ2n) is 4.89. The Morgan fingerprint density at radius 2 is 1.81 bits per heavy atom. The molecule has 4 nitrogen and oxygen atoms in total. The molecule has 1 amide bonds. The number of carbonyl (C=O) groups excluding carboxylic acids is 1. The third kappa shape index (κ3) is 4.30. The quantitative estimate of drug-likeness (QED) is 0.891. The van der Waals surface area contributed by atoms with Gasteiger partial charge in [-0.1, -0.05) is 24.3 Å². The molecule has 1 aromatic heterocycles. The van der Waals surface area contributed by atoms with E-state index in [0.29, 0.717) is 5.69 Å². The average molecular weight is 328 g/mol. The minimum atomic E-state index is -0.0716. The lowest BCUT2D eigenvalue weighted by molar-refractivity contribution is 0.0925. The maximum absolute atomic E-state index is 12.2. The van der Waals surface area contributed by atoms with E-state index in [0.717, 1.165) is 36.8 Å². The van der Waals surface area contributed by atoms with Gasteiger partial charge in [0.25, 0.3) is 5.91 Å². The molecule has 0 spiro atoms. The van der Waals surface area contributed by atoms with Crippen LogP contribution in [0.4, 0.5) is 0 Å². The van der Waals surface area contributed by atoms with Gasteiger partial charge >= 0.3 is 0 Å². The molecule has 1 aromatic carbocycles. The van der Waals surface area contributed by atoms with E-state index in [-0.39, 0.29) is 36.8 Å². The lowest BCUT2D eigenvalue weighted by atomic mass is 10.1. The zero-order chi connectivity index (χ0) is 13.1. The number of rotatable bonds is 2. The summed E-state index contributed by atoms with van der Waals surface area (Å²) in [6, 6.07) is 11.8. The highest BCUT2D eigenvalue weighted by atomic mass is 35.5. The molecule has 0 bridgehead atoms. The molecule has 1 aliphatic heterocycles. The van der Waals surface area contributed by atoms with Gasteiger partial charge in [-0.3, -0.25) is 4.79 Å². The lowest BCUT2D eigenvalue weighted by Crippen LogP contribution is -2.42. The fourth-order valence-corrected chi connectivity index (χ4v) is 2.42. The van der Waals surface area contributed by atoms with Gasteiger partial charge in [0.2, 0.25) is 0 Å². The number of aromatic nitrogens is 1. The van der Waals surface area contributed by atoms with Crippen LogP contribution >= 0.6 is 24.8 Å². The Kier molecular flexibility index (Phi) is 6.89. The van der Waals surface area contributed by atoms with E-state index in [2.05, 4.69) is 15.6 Å². The number of para-hydroxylation sites is 1. The van der Waals surface area contributed by atoms with Crippen LogP contribution in [0.5, 0.6) is 0 Å². The van der Waals surface area contributed by atoms with Crippen molar-refractivity contribution in [1.82, 2.24) is 15.6 Å². The number of amides is 1. The number of fused-ring (bicyclic) bond motifs is 1. The molecule has 1 fully saturated rings. The predicted octanol–water partition coefficient (Wildman–Crippen LogP) is 2.56. The molecule has 0 atom stereocenters. The topological polar surface area (TPSA) is 54.0 Å². The number of nitrogens with one attached hydrogen (secondary N) is 2. The molecule has 1 aliphatic rings. The summed E-state index contributed by atoms with van der Waals surface area (Å²) in [6.07, 6.45) is 1.97. The molecular weight excluding hydrogens is 309 g/mol. The molecule has 0 saturated carbocycles. The molecule has 21 heavy (non-hydrogen) atoms. The molecule has 114 valence electrons. The van der Waals surface area contributed by atoms with Gasteiger partial charge < -0.3 is 10.6 Å². The second kappa shape index (κ2) is 8.17. The van der Waals surface area contributed by atoms with Gasteiger partial charge in [0.1, 0.15) is 5.69 Å². The summed E-state index contributed by atoms with van der Waals surface area (Å²) in [7, 11) is 0. The molecule has 3 rings (SSSR count). The predicted molar refractivity (Wildman–Crippen MR) is 89.6 cm³/mol. The number of hydrogen-bond donors (Lipinski definition) is 2. The van der Waals surface area contributed by atoms with E-state index >= 15 is 0 Å². The Hall–Kier alpha value is -1.36. The van der Waals surface area contributed by atoms with Gasteiger partial charge in [-0.2, -0.15) is 0 Å². The molecule has 1 saturated heterocycles. The number of hydrogen-bond acceptors (Lipinski definition) is 3. The van der Waals surface area contributed by atoms with Crippen LogP contribution in [0.2, 0.25) is 0 Å². The van der Waals surface area contributed by atoms with Crippen LogP contribution in [0.15, 0.2) is 36.4 Å². The molecule has 2 N–H and O–H groups in total. The fourth-order valence-electron chi connectivity index (χ4n) is 2.42. The minimum absolute atomic E-state index is 0. The van der Waals surface area contributed by atoms with Gasteiger partial charge in [-0.15, -0.1) is 24.8 Å². The van der Waals surface area contributed by atoms with Crippen LogP contribution in [0, 0.1) is 0 Å². The summed E-state index contributed by atoms with van der Waals surface area (Å²) in [6.45, 7) is 1.94. The Balaban J connectivity index is 0.00000110. The first-order valence-corrected chi connectivity index (χ1v) is 6.70. The smallest absolute Gasteiger partial charge is 0.270 e. The van der Waals surface area contributed by atoms with E-state index in [1.54, 1.807) is 6.07 Å². The van der Waals surface area contributed by atoms with Gasteiger partial charge in [0, 0.05) is 11.4 Å². The molecule has 2 heterocycles. The zero-order valence-electron chi connectivity index (χ0n) is 11.5. The fraction of sp³-hybridized carbons (Fsp3) is 0.333. The van der Waals surface area contributed by atoms with E-state index < -0.39 is 0 Å². The summed E-state index contributed by atoms with van der Waals surface area (Å²) in [4.78, 5) is 16.6. The lowest BCUT2D eigenvalue weighted by Gasteiger charge is -2.23. The van der Waals surface area contributed by atoms with E-state index in [9.17, 15) is 4.79 Å². The highest BCUT2D eigenvalue weighted by Gasteiger charge is 2.17. The zero-order valence-corrected chi connectivity index (χ0v) is 13.2. The van der Waals surface area contributed by atoms with Crippen molar-refractivity contribution in [3.8, 4) is 0 Å². The van der Waals surface area contributed by atoms with Crippen molar-refractivity contribution in [1.29, 1.82) is 0 Å². The van der Waals surface area contributed by atoms with Crippen molar-refractivity contribution in [3.05, 3.63) is 42.1 Å². The van der Waals surface area contributed by atoms with Gasteiger partial charge in [0.05, 0.1) is 5.52 Å². The number of nitrogens with zero attached hydrogens (tertiary/aromatic N) is 1. The third-order valence-electron chi connectivity index (χ3n) is 3.51. The minimum Gasteiger partial charge on any atom is -0.348 e. The largest absolute Gasteiger partial charge is 0.348 e. The normalized spacial score (nSPS) is 14.9. The van der Waals surface area contributed by atoms with Crippen molar-refractivity contribution < 1.29 is 4.79 Å². The number of halogens is 2. The highest BCUT2D eigenvalue weighted by Crippen LogP contribution is 2.12. The monoisotopic (exact) mass is 327 g/mol. The summed E-state index contributed by atoms with van der Waals surface area (Å²) in [5, 5.41) is 7.40. The molecule has 0 radical (unpaired) electrons. The van der Waals surface area contributed by atoms with Gasteiger partial charge in [0.15, 0.2) is 0 Å². The number of benzene rings is 1. The van der Waals surface area contributed by atoms with E-state index in [1.807, 2.05) is 30.3 Å². The SMILES string of the molecule is Cl.Cl.O=C(NC1CCNCC1)c1ccc2ccccc2n1. The Morgan fingerprint density at radius 3 is 2.57 bits per heavy atom. The van der Waals surface area contributed by atoms with Gasteiger partial charge in [-0.05, 0) is 38.1 Å². The Labute approximate surface area is 136 Å². The number of carbonyl (C=O) groups is 1. The van der Waals surface area contributed by atoms with Crippen LogP contribution in [-0.4, -0.2) is 30.0 Å². The number of piperidine rings is 1. The highest BCUT2D eigenvalue weighted by molar-refractivity contribution is 5.95. The third-order valence-corrected chi connectivity index (χ3v) is 3.51. The molecule has 2 aromatic rings. The first kappa shape index (κ1) is 17.7. The van der Waals surface area contributed by atoms with Crippen molar-refractivity contribution in [3.63, 3.8) is 0 Å². The first-order chi connectivity index (χ1) is 9.33. The van der Waals surface area contributed by atoms with Crippen molar-refractivity contribution >= 4 is 41.6 Å². The summed E-state index contributed by atoms with van der Waals surface area (Å²) >= 11 is 0. The van der Waals surface area contributed by atoms with Crippen molar-refractivity contribution in [2.24, 2.45) is 0 Å². The molecular formula is C15H19Cl2N3O. The van der Waals surface area contributed by atoms with Gasteiger partial charge in [-0.25, -0.2) is 4.98 Å². The van der Waals surface area contributed by atoms with Crippen LogP contribution in [0.3, 0.4) is 0 Å². The maximum Gasteiger partial charge on any atom is 0.270 e. The van der Waals surface area contributed by atoms with E-state index in [1.165, 1.54) is 0 Å². The van der Waals surface area contributed by atoms with Crippen molar-refractivity contribution in [2.45, 2.75) is 18.9 Å². The Morgan fingerprint density at radius 1 is 1.10 bits per heavy atom. The van der Waals surface area contributed by atoms with Crippen molar-refractivity contribution in [2.75, 3.05) is 13.1 Å². The summed E-state index contributed by atoms with van der Waals surface area (Å²) < 4.78 is 0. The van der Waals surface area contributed by atoms with Crippen LogP contribution in [-0.2, 0) is 0 Å². The standard InChI is InChI=1S/C15H17N3O.2ClH/c19-15(17-12-7-9-16-10-8-12)14-6-5-11-3-1-2-4-13(11)18-14;;/h1-6,12,16H,7-10H2,(H,17,19);2*1H. The maximum atomic E-state index is 12.2. The summed E-state index contributed by atoms with van der Waals surface area (Å²) in [5.74, 6) is -0.0716. The van der Waals surface area contributed by atoms with Crippen LogP contribution in [0.1, 0.15) is 23.3 Å². The molecule has 0 unspecified atom stereocenters. The Bertz CT molecular complexity index is 600.